The molecule has 60 valence electrons. The molecule has 0 spiro atoms. The van der Waals surface area contributed by atoms with Crippen LogP contribution in [0.2, 0.25) is 0 Å². The Bertz CT molecular complexity index is 202. The topological polar surface area (TPSA) is 26.3 Å². The minimum atomic E-state index is 0.472. The van der Waals surface area contributed by atoms with Crippen LogP contribution in [0.5, 0.6) is 0 Å². The molecule has 0 aromatic rings. The quantitative estimate of drug-likeness (QED) is 0.576. The van der Waals surface area contributed by atoms with Gasteiger partial charge in [0.15, 0.2) is 0 Å². The van der Waals surface area contributed by atoms with E-state index in [4.69, 9.17) is 4.74 Å². The summed E-state index contributed by atoms with van der Waals surface area (Å²) >= 11 is 0. The lowest BCUT2D eigenvalue weighted by molar-refractivity contribution is -0.107. The fourth-order valence-electron chi connectivity index (χ4n) is 1.20. The standard InChI is InChI=1S/C9H12O2/c1-11-9-5-3-2-4-8(9)6-7-10/h2,4,7H,3,5-6H2,1H3. The van der Waals surface area contributed by atoms with E-state index >= 15 is 0 Å². The van der Waals surface area contributed by atoms with Crippen molar-refractivity contribution in [2.45, 2.75) is 19.3 Å². The van der Waals surface area contributed by atoms with Crippen molar-refractivity contribution >= 4 is 6.29 Å². The van der Waals surface area contributed by atoms with Crippen LogP contribution in [0, 0.1) is 0 Å². The molecular weight excluding hydrogens is 140 g/mol. The highest BCUT2D eigenvalue weighted by molar-refractivity contribution is 5.56. The molecule has 0 heterocycles. The lowest BCUT2D eigenvalue weighted by atomic mass is 10.0. The minimum absolute atomic E-state index is 0.472. The predicted octanol–water partition coefficient (Wildman–Crippen LogP) is 1.83. The third kappa shape index (κ3) is 1.93. The Labute approximate surface area is 66.5 Å². The number of rotatable bonds is 3. The van der Waals surface area contributed by atoms with Crippen molar-refractivity contribution in [3.05, 3.63) is 23.5 Å². The van der Waals surface area contributed by atoms with E-state index in [9.17, 15) is 4.79 Å². The Morgan fingerprint density at radius 1 is 1.73 bits per heavy atom. The molecule has 0 aromatic carbocycles. The molecule has 0 unspecified atom stereocenters. The number of ether oxygens (including phenoxy) is 1. The predicted molar refractivity (Wildman–Crippen MR) is 43.1 cm³/mol. The second-order valence-corrected chi connectivity index (χ2v) is 2.46. The van der Waals surface area contributed by atoms with Gasteiger partial charge in [0.05, 0.1) is 12.9 Å². The van der Waals surface area contributed by atoms with Crippen molar-refractivity contribution in [3.8, 4) is 0 Å². The normalized spacial score (nSPS) is 16.8. The van der Waals surface area contributed by atoms with Gasteiger partial charge in [0, 0.05) is 12.8 Å². The lowest BCUT2D eigenvalue weighted by Gasteiger charge is -2.12. The smallest absolute Gasteiger partial charge is 0.124 e. The summed E-state index contributed by atoms with van der Waals surface area (Å²) in [5, 5.41) is 0. The number of allylic oxidation sites excluding steroid dienone is 4. The van der Waals surface area contributed by atoms with Crippen molar-refractivity contribution in [3.63, 3.8) is 0 Å². The molecule has 0 atom stereocenters. The summed E-state index contributed by atoms with van der Waals surface area (Å²) in [7, 11) is 1.65. The van der Waals surface area contributed by atoms with Crippen LogP contribution < -0.4 is 0 Å². The molecular formula is C9H12O2. The first-order valence-electron chi connectivity index (χ1n) is 3.74. The number of methoxy groups -OCH3 is 1. The van der Waals surface area contributed by atoms with Crippen LogP contribution in [0.15, 0.2) is 23.5 Å². The summed E-state index contributed by atoms with van der Waals surface area (Å²) in [6.07, 6.45) is 7.36. The van der Waals surface area contributed by atoms with Crippen molar-refractivity contribution in [1.29, 1.82) is 0 Å². The molecule has 1 aliphatic rings. The number of aldehydes is 1. The first-order valence-corrected chi connectivity index (χ1v) is 3.74. The van der Waals surface area contributed by atoms with Gasteiger partial charge in [-0.1, -0.05) is 12.2 Å². The van der Waals surface area contributed by atoms with Gasteiger partial charge < -0.3 is 9.53 Å². The van der Waals surface area contributed by atoms with Gasteiger partial charge in [-0.15, -0.1) is 0 Å². The van der Waals surface area contributed by atoms with Gasteiger partial charge in [-0.05, 0) is 12.0 Å². The van der Waals surface area contributed by atoms with Crippen molar-refractivity contribution in [2.75, 3.05) is 7.11 Å². The van der Waals surface area contributed by atoms with E-state index < -0.39 is 0 Å². The molecule has 1 rings (SSSR count). The molecule has 0 fully saturated rings. The zero-order chi connectivity index (χ0) is 8.10. The zero-order valence-electron chi connectivity index (χ0n) is 6.67. The summed E-state index contributed by atoms with van der Waals surface area (Å²) in [4.78, 5) is 10.2. The Morgan fingerprint density at radius 2 is 2.55 bits per heavy atom. The molecule has 2 nitrogen and oxygen atoms in total. The van der Waals surface area contributed by atoms with Crippen LogP contribution in [0.3, 0.4) is 0 Å². The summed E-state index contributed by atoms with van der Waals surface area (Å²) < 4.78 is 5.13. The highest BCUT2D eigenvalue weighted by Gasteiger charge is 2.06. The fourth-order valence-corrected chi connectivity index (χ4v) is 1.20. The second-order valence-electron chi connectivity index (χ2n) is 2.46. The van der Waals surface area contributed by atoms with E-state index in [-0.39, 0.29) is 0 Å². The van der Waals surface area contributed by atoms with Gasteiger partial charge in [-0.2, -0.15) is 0 Å². The van der Waals surface area contributed by atoms with Crippen LogP contribution in [-0.2, 0) is 9.53 Å². The van der Waals surface area contributed by atoms with Gasteiger partial charge in [0.1, 0.15) is 6.29 Å². The van der Waals surface area contributed by atoms with Crippen LogP contribution in [0.4, 0.5) is 0 Å². The largest absolute Gasteiger partial charge is 0.501 e. The van der Waals surface area contributed by atoms with Gasteiger partial charge >= 0.3 is 0 Å². The number of hydrogen-bond donors (Lipinski definition) is 0. The van der Waals surface area contributed by atoms with E-state index in [1.54, 1.807) is 7.11 Å². The first-order chi connectivity index (χ1) is 5.38. The highest BCUT2D eigenvalue weighted by atomic mass is 16.5. The molecule has 0 amide bonds. The van der Waals surface area contributed by atoms with Gasteiger partial charge in [0.25, 0.3) is 0 Å². The van der Waals surface area contributed by atoms with E-state index in [0.29, 0.717) is 6.42 Å². The molecule has 0 saturated carbocycles. The third-order valence-electron chi connectivity index (χ3n) is 1.76. The summed E-state index contributed by atoms with van der Waals surface area (Å²) in [5.74, 6) is 0.958. The molecule has 11 heavy (non-hydrogen) atoms. The SMILES string of the molecule is COC1=C(CC=O)C=CCC1. The van der Waals surface area contributed by atoms with Crippen LogP contribution >= 0.6 is 0 Å². The Balaban J connectivity index is 2.73. The van der Waals surface area contributed by atoms with Gasteiger partial charge in [0.2, 0.25) is 0 Å². The molecule has 0 saturated heterocycles. The average Bonchev–Trinajstić information content (AvgIpc) is 2.06. The number of carbonyl (C=O) groups is 1. The Hall–Kier alpha value is -1.05. The van der Waals surface area contributed by atoms with Crippen molar-refractivity contribution < 1.29 is 9.53 Å². The summed E-state index contributed by atoms with van der Waals surface area (Å²) in [6.45, 7) is 0. The van der Waals surface area contributed by atoms with Crippen LogP contribution in [0.25, 0.3) is 0 Å². The van der Waals surface area contributed by atoms with E-state index in [1.165, 1.54) is 0 Å². The van der Waals surface area contributed by atoms with Gasteiger partial charge in [-0.3, -0.25) is 0 Å². The highest BCUT2D eigenvalue weighted by Crippen LogP contribution is 2.20. The molecule has 0 aromatic heterocycles. The van der Waals surface area contributed by atoms with E-state index in [1.807, 2.05) is 6.08 Å². The van der Waals surface area contributed by atoms with Crippen LogP contribution in [-0.4, -0.2) is 13.4 Å². The van der Waals surface area contributed by atoms with Crippen LogP contribution in [0.1, 0.15) is 19.3 Å². The monoisotopic (exact) mass is 152 g/mol. The summed E-state index contributed by atoms with van der Waals surface area (Å²) in [5.41, 5.74) is 1.02. The molecule has 0 bridgehead atoms. The maximum atomic E-state index is 10.2. The maximum Gasteiger partial charge on any atom is 0.124 e. The molecule has 2 heteroatoms. The Morgan fingerprint density at radius 3 is 3.18 bits per heavy atom. The minimum Gasteiger partial charge on any atom is -0.501 e. The average molecular weight is 152 g/mol. The summed E-state index contributed by atoms with van der Waals surface area (Å²) in [6, 6.07) is 0. The van der Waals surface area contributed by atoms with E-state index in [2.05, 4.69) is 6.08 Å². The fraction of sp³-hybridized carbons (Fsp3) is 0.444. The maximum absolute atomic E-state index is 10.2. The van der Waals surface area contributed by atoms with E-state index in [0.717, 1.165) is 30.5 Å². The number of hydrogen-bond acceptors (Lipinski definition) is 2. The third-order valence-corrected chi connectivity index (χ3v) is 1.76. The Kier molecular flexibility index (Phi) is 2.90. The first kappa shape index (κ1) is 8.05. The molecule has 0 N–H and O–H groups in total. The second kappa shape index (κ2) is 3.96. The molecule has 0 radical (unpaired) electrons. The number of carbonyl (C=O) groups excluding carboxylic acids is 1. The van der Waals surface area contributed by atoms with Crippen molar-refractivity contribution in [2.24, 2.45) is 0 Å². The van der Waals surface area contributed by atoms with Gasteiger partial charge in [-0.25, -0.2) is 0 Å². The molecule has 0 aliphatic heterocycles. The van der Waals surface area contributed by atoms with Crippen molar-refractivity contribution in [1.82, 2.24) is 0 Å². The zero-order valence-corrected chi connectivity index (χ0v) is 6.67. The lowest BCUT2D eigenvalue weighted by Crippen LogP contribution is -1.97. The molecule has 1 aliphatic carbocycles.